The predicted octanol–water partition coefficient (Wildman–Crippen LogP) is 0.490. The van der Waals surface area contributed by atoms with Crippen LogP contribution < -0.4 is 11.1 Å². The third-order valence-corrected chi connectivity index (χ3v) is 3.65. The molecule has 0 aliphatic heterocycles. The molecule has 3 aromatic rings. The number of hydrogen-bond donors (Lipinski definition) is 2. The summed E-state index contributed by atoms with van der Waals surface area (Å²) in [5.74, 6) is 0.430. The molecule has 0 unspecified atom stereocenters. The zero-order valence-electron chi connectivity index (χ0n) is 13.3. The van der Waals surface area contributed by atoms with Crippen molar-refractivity contribution in [3.05, 3.63) is 66.0 Å². The fourth-order valence-electron chi connectivity index (χ4n) is 2.45. The van der Waals surface area contributed by atoms with Gasteiger partial charge < -0.3 is 15.6 Å². The summed E-state index contributed by atoms with van der Waals surface area (Å²) in [5.41, 5.74) is 6.67. The number of amides is 1. The molecule has 124 valence electrons. The molecule has 3 rings (SSSR count). The number of hydrogen-bond acceptors (Lipinski definition) is 5. The van der Waals surface area contributed by atoms with Crippen molar-refractivity contribution in [1.29, 1.82) is 0 Å². The van der Waals surface area contributed by atoms with E-state index in [0.29, 0.717) is 13.1 Å². The van der Waals surface area contributed by atoms with Crippen LogP contribution in [0.3, 0.4) is 0 Å². The summed E-state index contributed by atoms with van der Waals surface area (Å²) in [6, 6.07) is 9.30. The summed E-state index contributed by atoms with van der Waals surface area (Å²) >= 11 is 0. The molecule has 0 saturated carbocycles. The fraction of sp³-hybridized carbons (Fsp3) is 0.250. The summed E-state index contributed by atoms with van der Waals surface area (Å²) < 4.78 is 3.43. The quantitative estimate of drug-likeness (QED) is 0.686. The van der Waals surface area contributed by atoms with Gasteiger partial charge in [-0.15, -0.1) is 5.10 Å². The zero-order chi connectivity index (χ0) is 16.9. The molecule has 0 bridgehead atoms. The van der Waals surface area contributed by atoms with Crippen LogP contribution >= 0.6 is 0 Å². The van der Waals surface area contributed by atoms with Crippen LogP contribution in [-0.4, -0.2) is 37.0 Å². The molecule has 2 aromatic heterocycles. The molecule has 0 saturated heterocycles. The maximum absolute atomic E-state index is 12.6. The van der Waals surface area contributed by atoms with E-state index < -0.39 is 0 Å². The van der Waals surface area contributed by atoms with Gasteiger partial charge in [0.05, 0.1) is 12.7 Å². The third-order valence-electron chi connectivity index (χ3n) is 3.65. The van der Waals surface area contributed by atoms with Crippen LogP contribution in [0.15, 0.2) is 48.9 Å². The summed E-state index contributed by atoms with van der Waals surface area (Å²) in [4.78, 5) is 16.9. The standard InChI is InChI=1S/C16H19N7O/c1-22-10-8-18-15(22)14(12-5-3-2-4-6-12)19-16(24)13-11-23(9-7-17)21-20-13/h2-6,8,10-11,14H,7,9,17H2,1H3,(H,19,24)/t14-/m0/s1. The second-order valence-electron chi connectivity index (χ2n) is 5.37. The molecule has 0 aliphatic rings. The van der Waals surface area contributed by atoms with Crippen LogP contribution in [0.5, 0.6) is 0 Å². The topological polar surface area (TPSA) is 104 Å². The summed E-state index contributed by atoms with van der Waals surface area (Å²) in [6.45, 7) is 0.950. The number of aromatic nitrogens is 5. The molecule has 2 heterocycles. The largest absolute Gasteiger partial charge is 0.337 e. The Labute approximate surface area is 139 Å². The van der Waals surface area contributed by atoms with E-state index in [1.807, 2.05) is 48.1 Å². The lowest BCUT2D eigenvalue weighted by atomic mass is 10.1. The molecule has 1 amide bonds. The number of nitrogens with zero attached hydrogens (tertiary/aromatic N) is 5. The molecule has 1 atom stereocenters. The van der Waals surface area contributed by atoms with E-state index in [9.17, 15) is 4.79 Å². The lowest BCUT2D eigenvalue weighted by Gasteiger charge is -2.18. The molecular weight excluding hydrogens is 306 g/mol. The van der Waals surface area contributed by atoms with Crippen molar-refractivity contribution < 1.29 is 4.79 Å². The molecule has 0 radical (unpaired) electrons. The van der Waals surface area contributed by atoms with Gasteiger partial charge in [0.2, 0.25) is 0 Å². The van der Waals surface area contributed by atoms with E-state index in [-0.39, 0.29) is 17.6 Å². The van der Waals surface area contributed by atoms with Gasteiger partial charge in [-0.2, -0.15) is 0 Å². The Morgan fingerprint density at radius 2 is 2.12 bits per heavy atom. The molecular formula is C16H19N7O. The Morgan fingerprint density at radius 1 is 1.33 bits per heavy atom. The van der Waals surface area contributed by atoms with E-state index in [4.69, 9.17) is 5.73 Å². The number of nitrogens with two attached hydrogens (primary N) is 1. The minimum absolute atomic E-state index is 0.249. The fourth-order valence-corrected chi connectivity index (χ4v) is 2.45. The molecule has 0 fully saturated rings. The van der Waals surface area contributed by atoms with Crippen LogP contribution in [0.4, 0.5) is 0 Å². The van der Waals surface area contributed by atoms with Crippen LogP contribution in [0.25, 0.3) is 0 Å². The smallest absolute Gasteiger partial charge is 0.274 e. The van der Waals surface area contributed by atoms with Gasteiger partial charge in [-0.1, -0.05) is 35.5 Å². The van der Waals surface area contributed by atoms with Crippen LogP contribution in [0.1, 0.15) is 27.9 Å². The summed E-state index contributed by atoms with van der Waals surface area (Å²) in [6.07, 6.45) is 5.13. The van der Waals surface area contributed by atoms with E-state index in [0.717, 1.165) is 11.4 Å². The van der Waals surface area contributed by atoms with Gasteiger partial charge in [0, 0.05) is 26.0 Å². The predicted molar refractivity (Wildman–Crippen MR) is 88.0 cm³/mol. The van der Waals surface area contributed by atoms with Gasteiger partial charge in [-0.05, 0) is 5.56 Å². The zero-order valence-corrected chi connectivity index (χ0v) is 13.3. The highest BCUT2D eigenvalue weighted by atomic mass is 16.2. The first-order valence-corrected chi connectivity index (χ1v) is 7.62. The maximum Gasteiger partial charge on any atom is 0.274 e. The highest BCUT2D eigenvalue weighted by Gasteiger charge is 2.22. The number of carbonyl (C=O) groups excluding carboxylic acids is 1. The van der Waals surface area contributed by atoms with Crippen LogP contribution in [-0.2, 0) is 13.6 Å². The lowest BCUT2D eigenvalue weighted by Crippen LogP contribution is -2.31. The Morgan fingerprint density at radius 3 is 2.79 bits per heavy atom. The number of benzene rings is 1. The molecule has 3 N–H and O–H groups in total. The van der Waals surface area contributed by atoms with Gasteiger partial charge in [0.15, 0.2) is 5.69 Å². The van der Waals surface area contributed by atoms with Crippen LogP contribution in [0.2, 0.25) is 0 Å². The monoisotopic (exact) mass is 325 g/mol. The number of nitrogens with one attached hydrogen (secondary N) is 1. The highest BCUT2D eigenvalue weighted by molar-refractivity contribution is 5.92. The Kier molecular flexibility index (Phi) is 4.66. The first-order valence-electron chi connectivity index (χ1n) is 7.62. The second kappa shape index (κ2) is 7.05. The van der Waals surface area contributed by atoms with Crippen molar-refractivity contribution in [2.45, 2.75) is 12.6 Å². The van der Waals surface area contributed by atoms with Crippen molar-refractivity contribution in [1.82, 2.24) is 29.9 Å². The van der Waals surface area contributed by atoms with Gasteiger partial charge in [-0.3, -0.25) is 9.48 Å². The van der Waals surface area contributed by atoms with E-state index in [1.165, 1.54) is 0 Å². The van der Waals surface area contributed by atoms with E-state index in [1.54, 1.807) is 17.1 Å². The van der Waals surface area contributed by atoms with Gasteiger partial charge >= 0.3 is 0 Å². The first kappa shape index (κ1) is 15.9. The maximum atomic E-state index is 12.6. The Bertz CT molecular complexity index is 809. The number of aryl methyl sites for hydroxylation is 1. The third kappa shape index (κ3) is 3.33. The Hall–Kier alpha value is -3.00. The average Bonchev–Trinajstić information content (AvgIpc) is 3.23. The molecule has 0 aliphatic carbocycles. The van der Waals surface area contributed by atoms with Gasteiger partial charge in [0.1, 0.15) is 11.9 Å². The number of carbonyl (C=O) groups is 1. The SMILES string of the molecule is Cn1ccnc1[C@@H](NC(=O)c1cn(CCN)nn1)c1ccccc1. The van der Waals surface area contributed by atoms with Crippen molar-refractivity contribution >= 4 is 5.91 Å². The van der Waals surface area contributed by atoms with Gasteiger partial charge in [-0.25, -0.2) is 4.98 Å². The van der Waals surface area contributed by atoms with Gasteiger partial charge in [0.25, 0.3) is 5.91 Å². The second-order valence-corrected chi connectivity index (χ2v) is 5.37. The summed E-state index contributed by atoms with van der Waals surface area (Å²) in [7, 11) is 1.89. The van der Waals surface area contributed by atoms with Crippen molar-refractivity contribution in [2.24, 2.45) is 12.8 Å². The van der Waals surface area contributed by atoms with E-state index in [2.05, 4.69) is 20.6 Å². The average molecular weight is 325 g/mol. The first-order chi connectivity index (χ1) is 11.7. The molecule has 24 heavy (non-hydrogen) atoms. The molecule has 8 nitrogen and oxygen atoms in total. The molecule has 1 aromatic carbocycles. The highest BCUT2D eigenvalue weighted by Crippen LogP contribution is 2.20. The molecule has 8 heteroatoms. The normalized spacial score (nSPS) is 12.1. The molecule has 0 spiro atoms. The Balaban J connectivity index is 1.86. The van der Waals surface area contributed by atoms with Crippen molar-refractivity contribution in [3.63, 3.8) is 0 Å². The van der Waals surface area contributed by atoms with Crippen molar-refractivity contribution in [3.8, 4) is 0 Å². The minimum atomic E-state index is -0.377. The summed E-state index contributed by atoms with van der Waals surface area (Å²) in [5, 5.41) is 10.8. The number of imidazole rings is 1. The minimum Gasteiger partial charge on any atom is -0.337 e. The van der Waals surface area contributed by atoms with Crippen LogP contribution in [0, 0.1) is 0 Å². The number of rotatable bonds is 6. The van der Waals surface area contributed by atoms with E-state index >= 15 is 0 Å². The lowest BCUT2D eigenvalue weighted by molar-refractivity contribution is 0.0936. The van der Waals surface area contributed by atoms with Crippen molar-refractivity contribution in [2.75, 3.05) is 6.54 Å².